The van der Waals surface area contributed by atoms with E-state index >= 15 is 0 Å². The topological polar surface area (TPSA) is 53.0 Å². The maximum atomic E-state index is 14.3. The molecule has 30 heavy (non-hydrogen) atoms. The van der Waals surface area contributed by atoms with Gasteiger partial charge in [0.25, 0.3) is 5.91 Å². The van der Waals surface area contributed by atoms with Crippen molar-refractivity contribution in [2.45, 2.75) is 39.7 Å². The highest BCUT2D eigenvalue weighted by atomic mass is 19.1. The molecule has 0 spiro atoms. The fourth-order valence-electron chi connectivity index (χ4n) is 3.49. The number of hydrogen-bond donors (Lipinski definition) is 0. The van der Waals surface area contributed by atoms with Crippen molar-refractivity contribution in [2.75, 3.05) is 13.6 Å². The molecule has 5 nitrogen and oxygen atoms in total. The number of likely N-dealkylation sites (N-methyl/N-ethyl adjacent to an activating group) is 1. The molecule has 1 atom stereocenters. The largest absolute Gasteiger partial charge is 0.336 e. The maximum Gasteiger partial charge on any atom is 0.262 e. The lowest BCUT2D eigenvalue weighted by atomic mass is 9.92. The third kappa shape index (κ3) is 5.12. The van der Waals surface area contributed by atoms with E-state index in [1.807, 2.05) is 51.1 Å². The molecule has 158 valence electrons. The number of nitrogens with zero attached hydrogens (tertiary/aromatic N) is 3. The highest BCUT2D eigenvalue weighted by molar-refractivity contribution is 6.03. The van der Waals surface area contributed by atoms with E-state index in [-0.39, 0.29) is 35.6 Å². The average Bonchev–Trinajstić information content (AvgIpc) is 3.13. The monoisotopic (exact) mass is 409 g/mol. The minimum absolute atomic E-state index is 0.0771. The zero-order valence-electron chi connectivity index (χ0n) is 17.9. The van der Waals surface area contributed by atoms with Crippen LogP contribution in [0.2, 0.25) is 0 Å². The third-order valence-electron chi connectivity index (χ3n) is 5.01. The molecule has 0 saturated heterocycles. The Morgan fingerprint density at radius 3 is 2.37 bits per heavy atom. The number of rotatable bonds is 5. The van der Waals surface area contributed by atoms with Crippen molar-refractivity contribution in [2.24, 2.45) is 10.5 Å². The van der Waals surface area contributed by atoms with Crippen LogP contribution in [0, 0.1) is 11.2 Å². The Hall–Kier alpha value is -3.02. The molecule has 0 unspecified atom stereocenters. The first-order valence-electron chi connectivity index (χ1n) is 10.1. The van der Waals surface area contributed by atoms with E-state index in [1.54, 1.807) is 25.2 Å². The summed E-state index contributed by atoms with van der Waals surface area (Å²) in [7, 11) is 1.63. The van der Waals surface area contributed by atoms with Gasteiger partial charge in [0.15, 0.2) is 0 Å². The van der Waals surface area contributed by atoms with Crippen molar-refractivity contribution in [3.05, 3.63) is 71.5 Å². The smallest absolute Gasteiger partial charge is 0.262 e. The van der Waals surface area contributed by atoms with E-state index in [1.165, 1.54) is 16.0 Å². The summed E-state index contributed by atoms with van der Waals surface area (Å²) in [5.74, 6) is -0.751. The maximum absolute atomic E-state index is 14.3. The number of carbonyl (C=O) groups is 2. The molecule has 1 aliphatic rings. The van der Waals surface area contributed by atoms with Crippen molar-refractivity contribution >= 4 is 17.5 Å². The fraction of sp³-hybridized carbons (Fsp3) is 0.375. The summed E-state index contributed by atoms with van der Waals surface area (Å²) in [4.78, 5) is 27.0. The van der Waals surface area contributed by atoms with Crippen LogP contribution >= 0.6 is 0 Å². The van der Waals surface area contributed by atoms with Crippen molar-refractivity contribution < 1.29 is 14.0 Å². The molecule has 1 heterocycles. The van der Waals surface area contributed by atoms with Crippen LogP contribution in [-0.4, -0.2) is 41.0 Å². The highest BCUT2D eigenvalue weighted by Gasteiger charge is 2.34. The summed E-state index contributed by atoms with van der Waals surface area (Å²) < 4.78 is 14.3. The molecule has 2 aromatic carbocycles. The summed E-state index contributed by atoms with van der Waals surface area (Å²) >= 11 is 0. The first-order chi connectivity index (χ1) is 14.2. The first kappa shape index (κ1) is 21.7. The van der Waals surface area contributed by atoms with Gasteiger partial charge in [-0.1, -0.05) is 69.3 Å². The molecule has 0 radical (unpaired) electrons. The van der Waals surface area contributed by atoms with Crippen molar-refractivity contribution in [3.8, 4) is 0 Å². The van der Waals surface area contributed by atoms with Crippen LogP contribution in [0.3, 0.4) is 0 Å². The van der Waals surface area contributed by atoms with Crippen molar-refractivity contribution in [1.82, 2.24) is 9.91 Å². The van der Waals surface area contributed by atoms with Crippen LogP contribution in [0.1, 0.15) is 50.8 Å². The quantitative estimate of drug-likeness (QED) is 0.735. The van der Waals surface area contributed by atoms with Gasteiger partial charge in [-0.2, -0.15) is 5.10 Å². The predicted molar refractivity (Wildman–Crippen MR) is 115 cm³/mol. The van der Waals surface area contributed by atoms with Gasteiger partial charge in [-0.05, 0) is 17.0 Å². The van der Waals surface area contributed by atoms with Crippen LogP contribution in [0.15, 0.2) is 59.7 Å². The Kier molecular flexibility index (Phi) is 6.34. The summed E-state index contributed by atoms with van der Waals surface area (Å²) in [6, 6.07) is 15.7. The van der Waals surface area contributed by atoms with E-state index in [2.05, 4.69) is 5.10 Å². The van der Waals surface area contributed by atoms with Gasteiger partial charge >= 0.3 is 0 Å². The molecular formula is C24H28FN3O2. The molecular weight excluding hydrogens is 381 g/mol. The van der Waals surface area contributed by atoms with Crippen LogP contribution in [-0.2, 0) is 9.59 Å². The average molecular weight is 410 g/mol. The van der Waals surface area contributed by atoms with Gasteiger partial charge in [0.1, 0.15) is 12.4 Å². The van der Waals surface area contributed by atoms with E-state index < -0.39 is 0 Å². The van der Waals surface area contributed by atoms with Gasteiger partial charge < -0.3 is 4.90 Å². The molecule has 0 saturated carbocycles. The number of hydrazone groups is 1. The number of halogens is 1. The van der Waals surface area contributed by atoms with Gasteiger partial charge in [0, 0.05) is 25.5 Å². The molecule has 0 aromatic heterocycles. The fourth-order valence-corrected chi connectivity index (χ4v) is 3.49. The normalized spacial score (nSPS) is 16.4. The van der Waals surface area contributed by atoms with Gasteiger partial charge in [0.05, 0.1) is 11.8 Å². The van der Waals surface area contributed by atoms with Gasteiger partial charge in [-0.25, -0.2) is 9.40 Å². The second kappa shape index (κ2) is 8.78. The Morgan fingerprint density at radius 1 is 1.10 bits per heavy atom. The summed E-state index contributed by atoms with van der Waals surface area (Å²) in [6.45, 7) is 5.87. The number of amides is 2. The van der Waals surface area contributed by atoms with Crippen LogP contribution in [0.25, 0.3) is 0 Å². The minimum atomic E-state index is -0.366. The minimum Gasteiger partial charge on any atom is -0.336 e. The third-order valence-corrected chi connectivity index (χ3v) is 5.01. The second-order valence-electron chi connectivity index (χ2n) is 8.88. The van der Waals surface area contributed by atoms with Crippen molar-refractivity contribution in [1.29, 1.82) is 0 Å². The molecule has 1 aliphatic heterocycles. The molecule has 2 aromatic rings. The summed E-state index contributed by atoms with van der Waals surface area (Å²) in [5.41, 5.74) is 1.68. The molecule has 6 heteroatoms. The molecule has 0 fully saturated rings. The molecule has 2 amide bonds. The lowest BCUT2D eigenvalue weighted by Gasteiger charge is -2.26. The van der Waals surface area contributed by atoms with E-state index in [0.717, 1.165) is 5.56 Å². The molecule has 0 bridgehead atoms. The van der Waals surface area contributed by atoms with Crippen molar-refractivity contribution in [3.63, 3.8) is 0 Å². The van der Waals surface area contributed by atoms with Gasteiger partial charge in [-0.15, -0.1) is 0 Å². The zero-order valence-corrected chi connectivity index (χ0v) is 17.9. The predicted octanol–water partition coefficient (Wildman–Crippen LogP) is 4.40. The molecule has 3 rings (SSSR count). The zero-order chi connectivity index (χ0) is 21.9. The lowest BCUT2D eigenvalue weighted by Crippen LogP contribution is -2.40. The highest BCUT2D eigenvalue weighted by Crippen LogP contribution is 2.33. The molecule has 0 N–H and O–H groups in total. The number of hydrogen-bond acceptors (Lipinski definition) is 3. The Bertz CT molecular complexity index is 950. The van der Waals surface area contributed by atoms with E-state index in [4.69, 9.17) is 0 Å². The van der Waals surface area contributed by atoms with Gasteiger partial charge in [-0.3, -0.25) is 9.59 Å². The SMILES string of the molecule is CN(CC(=O)N1N=C(c2ccccc2F)C[C@@H]1c1ccccc1)C(=O)CC(C)(C)C. The summed E-state index contributed by atoms with van der Waals surface area (Å²) in [6.07, 6.45) is 0.763. The Morgan fingerprint density at radius 2 is 1.73 bits per heavy atom. The second-order valence-corrected chi connectivity index (χ2v) is 8.88. The summed E-state index contributed by atoms with van der Waals surface area (Å²) in [5, 5.41) is 5.89. The van der Waals surface area contributed by atoms with Gasteiger partial charge in [0.2, 0.25) is 5.91 Å². The lowest BCUT2D eigenvalue weighted by molar-refractivity contribution is -0.141. The first-order valence-corrected chi connectivity index (χ1v) is 10.1. The van der Waals surface area contributed by atoms with Crippen LogP contribution in [0.4, 0.5) is 4.39 Å². The van der Waals surface area contributed by atoms with E-state index in [0.29, 0.717) is 24.1 Å². The van der Waals surface area contributed by atoms with Crippen LogP contribution < -0.4 is 0 Å². The van der Waals surface area contributed by atoms with E-state index in [9.17, 15) is 14.0 Å². The Labute approximate surface area is 177 Å². The Balaban J connectivity index is 1.85. The van der Waals surface area contributed by atoms with Crippen LogP contribution in [0.5, 0.6) is 0 Å². The number of benzene rings is 2. The standard InChI is InChI=1S/C24H28FN3O2/c1-24(2,3)15-22(29)27(4)16-23(30)28-21(17-10-6-5-7-11-17)14-20(26-28)18-12-8-9-13-19(18)25/h5-13,21H,14-16H2,1-4H3/t21-/m1/s1. The number of carbonyl (C=O) groups excluding carboxylic acids is 2. The molecule has 0 aliphatic carbocycles.